The molecule has 0 fully saturated rings. The fourth-order valence-corrected chi connectivity index (χ4v) is 8.62. The topological polar surface area (TPSA) is 22.1 Å². The molecule has 0 amide bonds. The fourth-order valence-electron chi connectivity index (χ4n) is 8.62. The van der Waals surface area contributed by atoms with Gasteiger partial charge in [0.25, 0.3) is 0 Å². The van der Waals surface area contributed by atoms with Crippen LogP contribution in [-0.4, -0.2) is 4.98 Å². The van der Waals surface area contributed by atoms with Crippen molar-refractivity contribution < 1.29 is 4.74 Å². The minimum Gasteiger partial charge on any atom is -0.456 e. The number of rotatable bonds is 2. The Morgan fingerprint density at radius 3 is 1.95 bits per heavy atom. The first-order chi connectivity index (χ1) is 21.8. The van der Waals surface area contributed by atoms with E-state index in [4.69, 9.17) is 4.74 Å². The van der Waals surface area contributed by atoms with Crippen molar-refractivity contribution in [1.82, 2.24) is 4.98 Å². The van der Waals surface area contributed by atoms with Gasteiger partial charge in [-0.1, -0.05) is 103 Å². The lowest BCUT2D eigenvalue weighted by Gasteiger charge is -2.28. The number of benzene rings is 6. The van der Waals surface area contributed by atoms with Crippen molar-refractivity contribution in [3.63, 3.8) is 0 Å². The highest BCUT2D eigenvalue weighted by molar-refractivity contribution is 6.12. The smallest absolute Gasteiger partial charge is 0.135 e. The second kappa shape index (κ2) is 7.80. The van der Waals surface area contributed by atoms with Crippen LogP contribution in [0, 0.1) is 0 Å². The molecular weight excluding hydrogens is 534 g/mol. The van der Waals surface area contributed by atoms with Crippen molar-refractivity contribution in [2.75, 3.05) is 0 Å². The molecule has 2 nitrogen and oxygen atoms in total. The molecule has 2 heterocycles. The van der Waals surface area contributed by atoms with E-state index in [1.54, 1.807) is 0 Å². The third-order valence-electron chi connectivity index (χ3n) is 10.3. The van der Waals surface area contributed by atoms with E-state index in [1.165, 1.54) is 72.3 Å². The summed E-state index contributed by atoms with van der Waals surface area (Å²) in [7, 11) is 0. The summed E-state index contributed by atoms with van der Waals surface area (Å²) >= 11 is 0. The number of fused-ring (bicyclic) bond motifs is 6. The van der Waals surface area contributed by atoms with Gasteiger partial charge in [0.2, 0.25) is 0 Å². The van der Waals surface area contributed by atoms with Crippen LogP contribution in [0.1, 0.15) is 22.3 Å². The molecule has 4 aliphatic rings. The lowest BCUT2D eigenvalue weighted by atomic mass is 9.72. The fraction of sp³-hybridized carbons (Fsp3) is 0.0238. The molecule has 0 saturated carbocycles. The minimum absolute atomic E-state index is 0.368. The Hall–Kier alpha value is -5.73. The van der Waals surface area contributed by atoms with Gasteiger partial charge in [-0.3, -0.25) is 4.98 Å². The highest BCUT2D eigenvalue weighted by Crippen LogP contribution is 2.73. The Morgan fingerprint density at radius 1 is 0.432 bits per heavy atom. The predicted octanol–water partition coefficient (Wildman–Crippen LogP) is 10.5. The van der Waals surface area contributed by atoms with E-state index < -0.39 is 0 Å². The van der Waals surface area contributed by atoms with E-state index >= 15 is 0 Å². The van der Waals surface area contributed by atoms with Crippen LogP contribution in [0.25, 0.3) is 66.9 Å². The number of aromatic nitrogens is 1. The van der Waals surface area contributed by atoms with Gasteiger partial charge >= 0.3 is 0 Å². The van der Waals surface area contributed by atoms with Gasteiger partial charge in [0.05, 0.1) is 11.1 Å². The van der Waals surface area contributed by atoms with Crippen LogP contribution in [-0.2, 0) is 5.41 Å². The molecule has 1 aromatic heterocycles. The molecule has 0 radical (unpaired) electrons. The molecular formula is C42H23NO. The van der Waals surface area contributed by atoms with Crippen LogP contribution in [0.5, 0.6) is 11.5 Å². The molecule has 1 atom stereocenters. The van der Waals surface area contributed by atoms with Crippen molar-refractivity contribution in [3.8, 4) is 78.4 Å². The Labute approximate surface area is 254 Å². The maximum absolute atomic E-state index is 6.76. The third kappa shape index (κ3) is 2.54. The lowest BCUT2D eigenvalue weighted by molar-refractivity contribution is 0.487. The zero-order valence-corrected chi connectivity index (χ0v) is 23.6. The van der Waals surface area contributed by atoms with Gasteiger partial charge in [-0.15, -0.1) is 0 Å². The molecule has 6 aromatic carbocycles. The van der Waals surface area contributed by atoms with Gasteiger partial charge < -0.3 is 4.74 Å². The van der Waals surface area contributed by atoms with Crippen LogP contribution in [0.3, 0.4) is 0 Å². The van der Waals surface area contributed by atoms with Crippen LogP contribution in [0.4, 0.5) is 0 Å². The minimum atomic E-state index is -0.368. The maximum Gasteiger partial charge on any atom is 0.135 e. The highest BCUT2D eigenvalue weighted by Gasteiger charge is 2.59. The Balaban J connectivity index is 1.21. The molecule has 0 saturated heterocycles. The second-order valence-corrected chi connectivity index (χ2v) is 12.2. The van der Waals surface area contributed by atoms with Gasteiger partial charge in [-0.05, 0) is 97.1 Å². The van der Waals surface area contributed by atoms with Crippen molar-refractivity contribution in [1.29, 1.82) is 0 Å². The first-order valence-corrected chi connectivity index (χ1v) is 15.2. The summed E-state index contributed by atoms with van der Waals surface area (Å²) in [6.07, 6.45) is 1.85. The summed E-state index contributed by atoms with van der Waals surface area (Å²) in [6.45, 7) is 0. The Bertz CT molecular complexity index is 2400. The molecule has 0 N–H and O–H groups in total. The van der Waals surface area contributed by atoms with Crippen LogP contribution < -0.4 is 4.74 Å². The van der Waals surface area contributed by atoms with E-state index in [9.17, 15) is 0 Å². The van der Waals surface area contributed by atoms with E-state index in [2.05, 4.69) is 126 Å². The van der Waals surface area contributed by atoms with Crippen molar-refractivity contribution >= 4 is 0 Å². The molecule has 3 aliphatic carbocycles. The predicted molar refractivity (Wildman–Crippen MR) is 176 cm³/mol. The summed E-state index contributed by atoms with van der Waals surface area (Å²) < 4.78 is 6.76. The summed E-state index contributed by atoms with van der Waals surface area (Å²) in [5, 5.41) is 0. The standard InChI is InChI=1S/C42H23NO/c1-3-9-33-27(7-1)31-19-18-30-29-8-2-4-11-36(29)44-37-21-20-32-28-17-16-26(23-34(28)42(33)40(31)38(30)39(37)41(32)42)24-12-14-25(15-13-24)35-10-5-6-22-43-35/h1-23H. The van der Waals surface area contributed by atoms with E-state index in [-0.39, 0.29) is 5.41 Å². The van der Waals surface area contributed by atoms with E-state index in [0.717, 1.165) is 28.3 Å². The van der Waals surface area contributed by atoms with Gasteiger partial charge in [-0.2, -0.15) is 0 Å². The van der Waals surface area contributed by atoms with E-state index in [0.29, 0.717) is 0 Å². The van der Waals surface area contributed by atoms with Gasteiger partial charge in [0.1, 0.15) is 11.5 Å². The monoisotopic (exact) mass is 557 g/mol. The summed E-state index contributed by atoms with van der Waals surface area (Å²) in [4.78, 5) is 4.55. The molecule has 1 spiro atoms. The average Bonchev–Trinajstić information content (AvgIpc) is 3.64. The quantitative estimate of drug-likeness (QED) is 0.211. The second-order valence-electron chi connectivity index (χ2n) is 12.2. The number of hydrogen-bond donors (Lipinski definition) is 0. The summed E-state index contributed by atoms with van der Waals surface area (Å²) in [5.41, 5.74) is 20.0. The molecule has 44 heavy (non-hydrogen) atoms. The Kier molecular flexibility index (Phi) is 4.05. The van der Waals surface area contributed by atoms with Gasteiger partial charge in [-0.25, -0.2) is 0 Å². The zero-order chi connectivity index (χ0) is 28.6. The molecule has 1 unspecified atom stereocenters. The normalized spacial score (nSPS) is 16.5. The number of hydrogen-bond acceptors (Lipinski definition) is 2. The van der Waals surface area contributed by atoms with Crippen LogP contribution >= 0.6 is 0 Å². The maximum atomic E-state index is 6.76. The average molecular weight is 558 g/mol. The number of nitrogens with zero attached hydrogens (tertiary/aromatic N) is 1. The van der Waals surface area contributed by atoms with Crippen LogP contribution in [0.15, 0.2) is 140 Å². The molecule has 7 aromatic rings. The van der Waals surface area contributed by atoms with Gasteiger partial charge in [0, 0.05) is 22.9 Å². The largest absolute Gasteiger partial charge is 0.456 e. The zero-order valence-electron chi connectivity index (χ0n) is 23.6. The lowest BCUT2D eigenvalue weighted by Crippen LogP contribution is -2.23. The number of para-hydroxylation sites is 1. The summed E-state index contributed by atoms with van der Waals surface area (Å²) in [6, 6.07) is 48.7. The first-order valence-electron chi connectivity index (χ1n) is 15.2. The SMILES string of the molecule is c1ccc(-c2ccc(-c3ccc4c(c3)C35c6ccccc6-c6ccc7c(c63)-c3c(ccc-4c35)Oc3ccccc3-7)cc2)nc1. The van der Waals surface area contributed by atoms with Crippen LogP contribution in [0.2, 0.25) is 0 Å². The molecule has 202 valence electrons. The van der Waals surface area contributed by atoms with E-state index in [1.807, 2.05) is 18.3 Å². The first kappa shape index (κ1) is 22.8. The third-order valence-corrected chi connectivity index (χ3v) is 10.3. The van der Waals surface area contributed by atoms with Crippen molar-refractivity contribution in [2.45, 2.75) is 5.41 Å². The Morgan fingerprint density at radius 2 is 1.09 bits per heavy atom. The molecule has 2 heteroatoms. The highest BCUT2D eigenvalue weighted by atomic mass is 16.5. The summed E-state index contributed by atoms with van der Waals surface area (Å²) in [5.74, 6) is 1.87. The molecule has 11 rings (SSSR count). The number of pyridine rings is 1. The van der Waals surface area contributed by atoms with Crippen molar-refractivity contribution in [3.05, 3.63) is 162 Å². The van der Waals surface area contributed by atoms with Crippen molar-refractivity contribution in [2.24, 2.45) is 0 Å². The molecule has 1 aliphatic heterocycles. The number of ether oxygens (including phenoxy) is 1. The molecule has 0 bridgehead atoms. The van der Waals surface area contributed by atoms with Gasteiger partial charge in [0.15, 0.2) is 0 Å².